The Hall–Kier alpha value is -3.15. The fraction of sp³-hybridized carbons (Fsp3) is 0.250. The van der Waals surface area contributed by atoms with Crippen LogP contribution in [0.25, 0.3) is 0 Å². The van der Waals surface area contributed by atoms with E-state index in [1.807, 2.05) is 54.6 Å². The molecule has 26 heavy (non-hydrogen) atoms. The molecule has 2 unspecified atom stereocenters. The molecule has 0 aromatic heterocycles. The Bertz CT molecular complexity index is 833. The van der Waals surface area contributed by atoms with E-state index in [1.165, 1.54) is 0 Å². The second-order valence-electron chi connectivity index (χ2n) is 6.15. The molecule has 2 atom stereocenters. The summed E-state index contributed by atoms with van der Waals surface area (Å²) >= 11 is 0. The minimum Gasteiger partial charge on any atom is -0.497 e. The first-order valence-corrected chi connectivity index (χ1v) is 8.41. The SMILES string of the molecule is COc1cccc(C(C)=NNC(=O)C2C(=O)NCC2c2ccccc2)c1. The summed E-state index contributed by atoms with van der Waals surface area (Å²) in [6.07, 6.45) is 0. The second kappa shape index (κ2) is 7.82. The van der Waals surface area contributed by atoms with Gasteiger partial charge in [0.05, 0.1) is 12.8 Å². The fourth-order valence-corrected chi connectivity index (χ4v) is 3.05. The normalized spacial score (nSPS) is 19.8. The molecular weight excluding hydrogens is 330 g/mol. The van der Waals surface area contributed by atoms with Crippen LogP contribution in [0.2, 0.25) is 0 Å². The molecular formula is C20H21N3O3. The molecule has 2 N–H and O–H groups in total. The first-order chi connectivity index (χ1) is 12.6. The van der Waals surface area contributed by atoms with Gasteiger partial charge in [-0.2, -0.15) is 5.10 Å². The number of hydrogen-bond donors (Lipinski definition) is 2. The molecule has 0 radical (unpaired) electrons. The lowest BCUT2D eigenvalue weighted by Gasteiger charge is -2.15. The highest BCUT2D eigenvalue weighted by atomic mass is 16.5. The van der Waals surface area contributed by atoms with Gasteiger partial charge in [0.25, 0.3) is 5.91 Å². The molecule has 3 rings (SSSR count). The summed E-state index contributed by atoms with van der Waals surface area (Å²) in [6, 6.07) is 17.0. The highest BCUT2D eigenvalue weighted by Gasteiger charge is 2.40. The van der Waals surface area contributed by atoms with Crippen molar-refractivity contribution in [3.05, 3.63) is 65.7 Å². The lowest BCUT2D eigenvalue weighted by molar-refractivity contribution is -0.133. The van der Waals surface area contributed by atoms with Crippen molar-refractivity contribution in [2.45, 2.75) is 12.8 Å². The minimum atomic E-state index is -0.792. The maximum atomic E-state index is 12.6. The maximum absolute atomic E-state index is 12.6. The van der Waals surface area contributed by atoms with E-state index in [4.69, 9.17) is 4.74 Å². The molecule has 1 aliphatic heterocycles. The zero-order valence-electron chi connectivity index (χ0n) is 14.7. The first-order valence-electron chi connectivity index (χ1n) is 8.41. The minimum absolute atomic E-state index is 0.198. The number of ether oxygens (including phenoxy) is 1. The molecule has 6 nitrogen and oxygen atoms in total. The fourth-order valence-electron chi connectivity index (χ4n) is 3.05. The average Bonchev–Trinajstić information content (AvgIpc) is 3.08. The third-order valence-corrected chi connectivity index (χ3v) is 4.51. The number of nitrogens with zero attached hydrogens (tertiary/aromatic N) is 1. The number of benzene rings is 2. The summed E-state index contributed by atoms with van der Waals surface area (Å²) in [5.41, 5.74) is 4.96. The summed E-state index contributed by atoms with van der Waals surface area (Å²) in [6.45, 7) is 2.23. The zero-order chi connectivity index (χ0) is 18.5. The molecule has 2 amide bonds. The van der Waals surface area contributed by atoms with E-state index in [1.54, 1.807) is 14.0 Å². The van der Waals surface area contributed by atoms with Gasteiger partial charge in [0.2, 0.25) is 5.91 Å². The van der Waals surface area contributed by atoms with Crippen molar-refractivity contribution in [2.75, 3.05) is 13.7 Å². The van der Waals surface area contributed by atoms with Crippen LogP contribution < -0.4 is 15.5 Å². The largest absolute Gasteiger partial charge is 0.497 e. The topological polar surface area (TPSA) is 79.8 Å². The number of hydrazone groups is 1. The van der Waals surface area contributed by atoms with Gasteiger partial charge in [-0.3, -0.25) is 9.59 Å². The van der Waals surface area contributed by atoms with Gasteiger partial charge in [-0.05, 0) is 24.6 Å². The Labute approximate surface area is 152 Å². The van der Waals surface area contributed by atoms with E-state index in [2.05, 4.69) is 15.8 Å². The van der Waals surface area contributed by atoms with Crippen LogP contribution in [0.15, 0.2) is 59.7 Å². The molecule has 0 bridgehead atoms. The Balaban J connectivity index is 1.74. The van der Waals surface area contributed by atoms with E-state index in [0.29, 0.717) is 18.0 Å². The first kappa shape index (κ1) is 17.7. The predicted octanol–water partition coefficient (Wildman–Crippen LogP) is 2.07. The number of carbonyl (C=O) groups excluding carboxylic acids is 2. The van der Waals surface area contributed by atoms with E-state index < -0.39 is 11.8 Å². The molecule has 0 spiro atoms. The van der Waals surface area contributed by atoms with Crippen molar-refractivity contribution in [2.24, 2.45) is 11.0 Å². The van der Waals surface area contributed by atoms with E-state index in [9.17, 15) is 9.59 Å². The number of carbonyl (C=O) groups is 2. The standard InChI is InChI=1S/C20H21N3O3/c1-13(15-9-6-10-16(11-15)26-2)22-23-20(25)18-17(12-21-19(18)24)14-7-4-3-5-8-14/h3-11,17-18H,12H2,1-2H3,(H,21,24)(H,23,25). The van der Waals surface area contributed by atoms with Gasteiger partial charge in [0, 0.05) is 18.0 Å². The van der Waals surface area contributed by atoms with Crippen molar-refractivity contribution >= 4 is 17.5 Å². The lowest BCUT2D eigenvalue weighted by Crippen LogP contribution is -2.35. The highest BCUT2D eigenvalue weighted by molar-refractivity contribution is 6.04. The van der Waals surface area contributed by atoms with Crippen LogP contribution in [0.3, 0.4) is 0 Å². The number of amides is 2. The van der Waals surface area contributed by atoms with Crippen LogP contribution in [0, 0.1) is 5.92 Å². The Kier molecular flexibility index (Phi) is 5.31. The van der Waals surface area contributed by atoms with Crippen LogP contribution in [-0.2, 0) is 9.59 Å². The smallest absolute Gasteiger partial charge is 0.253 e. The van der Waals surface area contributed by atoms with Gasteiger partial charge in [0.15, 0.2) is 0 Å². The van der Waals surface area contributed by atoms with Crippen LogP contribution in [-0.4, -0.2) is 31.2 Å². The lowest BCUT2D eigenvalue weighted by atomic mass is 9.88. The zero-order valence-corrected chi connectivity index (χ0v) is 14.7. The quantitative estimate of drug-likeness (QED) is 0.492. The molecule has 2 aromatic rings. The monoisotopic (exact) mass is 351 g/mol. The summed E-state index contributed by atoms with van der Waals surface area (Å²) < 4.78 is 5.19. The molecule has 1 fully saturated rings. The van der Waals surface area contributed by atoms with Gasteiger partial charge < -0.3 is 10.1 Å². The van der Waals surface area contributed by atoms with E-state index >= 15 is 0 Å². The van der Waals surface area contributed by atoms with Gasteiger partial charge in [0.1, 0.15) is 11.7 Å². The van der Waals surface area contributed by atoms with Crippen molar-refractivity contribution < 1.29 is 14.3 Å². The number of methoxy groups -OCH3 is 1. The number of hydrogen-bond acceptors (Lipinski definition) is 4. The number of rotatable bonds is 5. The van der Waals surface area contributed by atoms with Crippen LogP contribution in [0.4, 0.5) is 0 Å². The maximum Gasteiger partial charge on any atom is 0.253 e. The van der Waals surface area contributed by atoms with Crippen LogP contribution in [0.5, 0.6) is 5.75 Å². The van der Waals surface area contributed by atoms with Gasteiger partial charge in [-0.15, -0.1) is 0 Å². The van der Waals surface area contributed by atoms with Gasteiger partial charge in [-0.25, -0.2) is 5.43 Å². The summed E-state index contributed by atoms with van der Waals surface area (Å²) in [5.74, 6) is -0.959. The molecule has 1 aliphatic rings. The van der Waals surface area contributed by atoms with Crippen molar-refractivity contribution in [1.29, 1.82) is 0 Å². The Morgan fingerprint density at radius 3 is 2.69 bits per heavy atom. The molecule has 1 heterocycles. The molecule has 6 heteroatoms. The molecule has 134 valence electrons. The third-order valence-electron chi connectivity index (χ3n) is 4.51. The Morgan fingerprint density at radius 2 is 1.96 bits per heavy atom. The Morgan fingerprint density at radius 1 is 1.19 bits per heavy atom. The van der Waals surface area contributed by atoms with Gasteiger partial charge in [-0.1, -0.05) is 42.5 Å². The average molecular weight is 351 g/mol. The summed E-state index contributed by atoms with van der Waals surface area (Å²) in [7, 11) is 1.59. The van der Waals surface area contributed by atoms with Crippen LogP contribution in [0.1, 0.15) is 24.0 Å². The summed E-state index contributed by atoms with van der Waals surface area (Å²) in [5, 5.41) is 6.93. The van der Waals surface area contributed by atoms with Crippen LogP contribution >= 0.6 is 0 Å². The van der Waals surface area contributed by atoms with E-state index in [-0.39, 0.29) is 11.8 Å². The van der Waals surface area contributed by atoms with Crippen molar-refractivity contribution in [1.82, 2.24) is 10.7 Å². The molecule has 1 saturated heterocycles. The van der Waals surface area contributed by atoms with Crippen molar-refractivity contribution in [3.63, 3.8) is 0 Å². The molecule has 2 aromatic carbocycles. The summed E-state index contributed by atoms with van der Waals surface area (Å²) in [4.78, 5) is 24.8. The third kappa shape index (κ3) is 3.74. The van der Waals surface area contributed by atoms with E-state index in [0.717, 1.165) is 11.1 Å². The van der Waals surface area contributed by atoms with Crippen molar-refractivity contribution in [3.8, 4) is 5.75 Å². The molecule has 0 saturated carbocycles. The number of nitrogens with one attached hydrogen (secondary N) is 2. The molecule has 0 aliphatic carbocycles. The predicted molar refractivity (Wildman–Crippen MR) is 99.0 cm³/mol. The second-order valence-corrected chi connectivity index (χ2v) is 6.15. The highest BCUT2D eigenvalue weighted by Crippen LogP contribution is 2.29. The van der Waals surface area contributed by atoms with Gasteiger partial charge >= 0.3 is 0 Å².